The predicted octanol–water partition coefficient (Wildman–Crippen LogP) is 5.08. The molecule has 3 N–H and O–H groups in total. The zero-order chi connectivity index (χ0) is 21.5. The molecule has 0 aliphatic carbocycles. The van der Waals surface area contributed by atoms with Gasteiger partial charge in [0, 0.05) is 23.2 Å². The third kappa shape index (κ3) is 6.22. The van der Waals surface area contributed by atoms with Gasteiger partial charge in [0.15, 0.2) is 4.34 Å². The number of amides is 2. The Kier molecular flexibility index (Phi) is 7.72. The van der Waals surface area contributed by atoms with Crippen molar-refractivity contribution in [1.29, 1.82) is 0 Å². The van der Waals surface area contributed by atoms with Crippen LogP contribution in [0.5, 0.6) is 0 Å². The molecule has 0 saturated carbocycles. The van der Waals surface area contributed by atoms with Gasteiger partial charge in [-0.25, -0.2) is 0 Å². The Morgan fingerprint density at radius 1 is 1.03 bits per heavy atom. The molecule has 30 heavy (non-hydrogen) atoms. The largest absolute Gasteiger partial charge is 0.330 e. The lowest BCUT2D eigenvalue weighted by atomic mass is 10.3. The van der Waals surface area contributed by atoms with E-state index >= 15 is 0 Å². The molecule has 1 atom stereocenters. The fraction of sp³-hybridized carbons (Fsp3) is 0.200. The second kappa shape index (κ2) is 10.5. The summed E-state index contributed by atoms with van der Waals surface area (Å²) in [4.78, 5) is 24.8. The molecule has 2 amide bonds. The lowest BCUT2D eigenvalue weighted by Gasteiger charge is -2.12. The number of nitrogens with one attached hydrogen (secondary N) is 3. The maximum Gasteiger partial charge on any atom is 0.237 e. The fourth-order valence-electron chi connectivity index (χ4n) is 2.50. The third-order valence-electron chi connectivity index (χ3n) is 3.85. The number of carbonyl (C=O) groups is 2. The van der Waals surface area contributed by atoms with E-state index in [4.69, 9.17) is 0 Å². The quantitative estimate of drug-likeness (QED) is 0.404. The first-order chi connectivity index (χ1) is 14.4. The van der Waals surface area contributed by atoms with Crippen LogP contribution < -0.4 is 16.0 Å². The van der Waals surface area contributed by atoms with Crippen LogP contribution in [-0.4, -0.2) is 33.5 Å². The van der Waals surface area contributed by atoms with Crippen LogP contribution in [0.3, 0.4) is 0 Å². The molecular weight excluding hydrogens is 438 g/mol. The zero-order valence-electron chi connectivity index (χ0n) is 16.6. The summed E-state index contributed by atoms with van der Waals surface area (Å²) >= 11 is 4.31. The summed E-state index contributed by atoms with van der Waals surface area (Å²) in [5.41, 5.74) is 2.29. The van der Waals surface area contributed by atoms with Crippen LogP contribution in [0.25, 0.3) is 0 Å². The van der Waals surface area contributed by atoms with E-state index in [1.807, 2.05) is 61.7 Å². The van der Waals surface area contributed by atoms with Gasteiger partial charge < -0.3 is 16.0 Å². The average Bonchev–Trinajstić information content (AvgIpc) is 3.14. The van der Waals surface area contributed by atoms with Crippen LogP contribution >= 0.6 is 34.9 Å². The van der Waals surface area contributed by atoms with Crippen molar-refractivity contribution < 1.29 is 9.59 Å². The first kappa shape index (κ1) is 22.1. The number of anilines is 4. The van der Waals surface area contributed by atoms with Crippen molar-refractivity contribution in [3.63, 3.8) is 0 Å². The first-order valence-corrected chi connectivity index (χ1v) is 12.0. The maximum absolute atomic E-state index is 12.6. The minimum Gasteiger partial charge on any atom is -0.330 e. The van der Waals surface area contributed by atoms with Crippen molar-refractivity contribution in [2.45, 2.75) is 28.3 Å². The molecule has 0 spiro atoms. The summed E-state index contributed by atoms with van der Waals surface area (Å²) in [7, 11) is 0. The topological polar surface area (TPSA) is 96.0 Å². The van der Waals surface area contributed by atoms with E-state index < -0.39 is 0 Å². The molecule has 0 bridgehead atoms. The van der Waals surface area contributed by atoms with Crippen molar-refractivity contribution in [3.8, 4) is 0 Å². The highest BCUT2D eigenvalue weighted by Gasteiger charge is 2.18. The van der Waals surface area contributed by atoms with Gasteiger partial charge in [0.2, 0.25) is 16.9 Å². The number of aromatic nitrogens is 2. The van der Waals surface area contributed by atoms with Crippen molar-refractivity contribution in [2.24, 2.45) is 0 Å². The van der Waals surface area contributed by atoms with Crippen molar-refractivity contribution in [1.82, 2.24) is 10.2 Å². The molecular formula is C20H21N5O2S3. The summed E-state index contributed by atoms with van der Waals surface area (Å²) in [5.74, 6) is -0.219. The van der Waals surface area contributed by atoms with Gasteiger partial charge in [-0.3, -0.25) is 9.59 Å². The second-order valence-corrected chi connectivity index (χ2v) is 9.62. The second-order valence-electron chi connectivity index (χ2n) is 6.21. The summed E-state index contributed by atoms with van der Waals surface area (Å²) in [6.07, 6.45) is 1.98. The van der Waals surface area contributed by atoms with Crippen LogP contribution in [0.2, 0.25) is 0 Å². The molecule has 10 heteroatoms. The van der Waals surface area contributed by atoms with Gasteiger partial charge in [-0.05, 0) is 43.5 Å². The molecule has 0 radical (unpaired) electrons. The maximum atomic E-state index is 12.6. The summed E-state index contributed by atoms with van der Waals surface area (Å²) in [6.45, 7) is 3.30. The predicted molar refractivity (Wildman–Crippen MR) is 126 cm³/mol. The van der Waals surface area contributed by atoms with Crippen molar-refractivity contribution in [2.75, 3.05) is 22.2 Å². The number of nitrogens with zero attached hydrogens (tertiary/aromatic N) is 2. The van der Waals surface area contributed by atoms with Gasteiger partial charge in [0.25, 0.3) is 0 Å². The van der Waals surface area contributed by atoms with Crippen molar-refractivity contribution >= 4 is 68.9 Å². The van der Waals surface area contributed by atoms with E-state index in [0.717, 1.165) is 16.3 Å². The molecule has 3 rings (SSSR count). The Morgan fingerprint density at radius 2 is 1.80 bits per heavy atom. The Bertz CT molecular complexity index is 1040. The van der Waals surface area contributed by atoms with Gasteiger partial charge in [0.1, 0.15) is 0 Å². The monoisotopic (exact) mass is 459 g/mol. The Balaban J connectivity index is 1.59. The minimum absolute atomic E-state index is 0.0887. The standard InChI is InChI=1S/C20H21N5O2S3/c1-12(18(27)23-16-9-4-5-10-17(16)28-3)29-20-25-24-19(30-20)22-15-8-6-7-14(11-15)21-13(2)26/h4-12H,1-3H3,(H,21,26)(H,22,24)(H,23,27). The van der Waals surface area contributed by atoms with Gasteiger partial charge in [-0.15, -0.1) is 22.0 Å². The van der Waals surface area contributed by atoms with Gasteiger partial charge in [-0.1, -0.05) is 41.3 Å². The van der Waals surface area contributed by atoms with E-state index in [9.17, 15) is 9.59 Å². The highest BCUT2D eigenvalue weighted by Crippen LogP contribution is 2.32. The van der Waals surface area contributed by atoms with Crippen LogP contribution in [0.15, 0.2) is 57.8 Å². The molecule has 0 aliphatic heterocycles. The lowest BCUT2D eigenvalue weighted by molar-refractivity contribution is -0.115. The lowest BCUT2D eigenvalue weighted by Crippen LogP contribution is -2.22. The third-order valence-corrected chi connectivity index (χ3v) is 6.67. The molecule has 0 fully saturated rings. The number of carbonyl (C=O) groups excluding carboxylic acids is 2. The van der Waals surface area contributed by atoms with E-state index in [1.54, 1.807) is 11.8 Å². The first-order valence-electron chi connectivity index (χ1n) is 9.03. The Labute approximate surface area is 187 Å². The van der Waals surface area contributed by atoms with Crippen LogP contribution in [0, 0.1) is 0 Å². The van der Waals surface area contributed by atoms with E-state index in [2.05, 4.69) is 26.1 Å². The molecule has 3 aromatic rings. The van der Waals surface area contributed by atoms with Crippen molar-refractivity contribution in [3.05, 3.63) is 48.5 Å². The molecule has 0 saturated heterocycles. The molecule has 2 aromatic carbocycles. The molecule has 0 aliphatic rings. The summed E-state index contributed by atoms with van der Waals surface area (Å²) < 4.78 is 0.691. The van der Waals surface area contributed by atoms with Gasteiger partial charge in [-0.2, -0.15) is 0 Å². The highest BCUT2D eigenvalue weighted by molar-refractivity contribution is 8.02. The highest BCUT2D eigenvalue weighted by atomic mass is 32.2. The number of thioether (sulfide) groups is 2. The van der Waals surface area contributed by atoms with Crippen LogP contribution in [0.4, 0.5) is 22.2 Å². The van der Waals surface area contributed by atoms with Crippen LogP contribution in [-0.2, 0) is 9.59 Å². The molecule has 1 aromatic heterocycles. The zero-order valence-corrected chi connectivity index (χ0v) is 19.1. The van der Waals surface area contributed by atoms with Crippen LogP contribution in [0.1, 0.15) is 13.8 Å². The number of hydrogen-bond donors (Lipinski definition) is 3. The number of para-hydroxylation sites is 1. The number of hydrogen-bond acceptors (Lipinski definition) is 8. The Hall–Kier alpha value is -2.56. The molecule has 1 heterocycles. The minimum atomic E-state index is -0.330. The Morgan fingerprint density at radius 3 is 2.57 bits per heavy atom. The fourth-order valence-corrected chi connectivity index (χ4v) is 4.97. The summed E-state index contributed by atoms with van der Waals surface area (Å²) in [6, 6.07) is 15.0. The molecule has 7 nitrogen and oxygen atoms in total. The molecule has 1 unspecified atom stereocenters. The number of rotatable bonds is 8. The average molecular weight is 460 g/mol. The number of benzene rings is 2. The SMILES string of the molecule is CSc1ccccc1NC(=O)C(C)Sc1nnc(Nc2cccc(NC(C)=O)c2)s1. The van der Waals surface area contributed by atoms with E-state index in [-0.39, 0.29) is 17.1 Å². The van der Waals surface area contributed by atoms with E-state index in [0.29, 0.717) is 15.2 Å². The smallest absolute Gasteiger partial charge is 0.237 e. The van der Waals surface area contributed by atoms with E-state index in [1.165, 1.54) is 30.0 Å². The van der Waals surface area contributed by atoms with Gasteiger partial charge in [0.05, 0.1) is 10.9 Å². The normalized spacial score (nSPS) is 11.6. The summed E-state index contributed by atoms with van der Waals surface area (Å²) in [5, 5.41) is 17.5. The van der Waals surface area contributed by atoms with Gasteiger partial charge >= 0.3 is 0 Å². The molecule has 156 valence electrons.